The zero-order chi connectivity index (χ0) is 11.4. The highest BCUT2D eigenvalue weighted by Gasteiger charge is 1.98. The highest BCUT2D eigenvalue weighted by Crippen LogP contribution is 2.21. The number of halogens is 2. The zero-order valence-electron chi connectivity index (χ0n) is 8.58. The molecular formula is C13H11BrClN. The molecule has 0 radical (unpaired) electrons. The van der Waals surface area contributed by atoms with Gasteiger partial charge >= 0.3 is 0 Å². The van der Waals surface area contributed by atoms with Crippen LogP contribution in [-0.4, -0.2) is 0 Å². The van der Waals surface area contributed by atoms with Gasteiger partial charge in [-0.25, -0.2) is 0 Å². The monoisotopic (exact) mass is 295 g/mol. The van der Waals surface area contributed by atoms with E-state index in [-0.39, 0.29) is 0 Å². The van der Waals surface area contributed by atoms with Gasteiger partial charge < -0.3 is 5.32 Å². The van der Waals surface area contributed by atoms with E-state index in [0.29, 0.717) is 0 Å². The van der Waals surface area contributed by atoms with Crippen molar-refractivity contribution in [3.8, 4) is 0 Å². The number of rotatable bonds is 3. The van der Waals surface area contributed by atoms with Crippen molar-refractivity contribution in [3.05, 3.63) is 63.6 Å². The SMILES string of the molecule is Clc1ccccc1NCc1cccc(Br)c1. The summed E-state index contributed by atoms with van der Waals surface area (Å²) in [5.74, 6) is 0. The smallest absolute Gasteiger partial charge is 0.0637 e. The number of hydrogen-bond acceptors (Lipinski definition) is 1. The Morgan fingerprint density at radius 3 is 2.62 bits per heavy atom. The van der Waals surface area contributed by atoms with E-state index >= 15 is 0 Å². The molecule has 0 aliphatic heterocycles. The van der Waals surface area contributed by atoms with Crippen molar-refractivity contribution in [2.45, 2.75) is 6.54 Å². The van der Waals surface area contributed by atoms with Gasteiger partial charge in [0.1, 0.15) is 0 Å². The fourth-order valence-electron chi connectivity index (χ4n) is 1.45. The minimum absolute atomic E-state index is 0.748. The van der Waals surface area contributed by atoms with Crippen LogP contribution >= 0.6 is 27.5 Å². The molecule has 0 saturated carbocycles. The average Bonchev–Trinajstić information content (AvgIpc) is 2.28. The summed E-state index contributed by atoms with van der Waals surface area (Å²) >= 11 is 9.50. The predicted molar refractivity (Wildman–Crippen MR) is 72.9 cm³/mol. The van der Waals surface area contributed by atoms with Crippen LogP contribution in [0, 0.1) is 0 Å². The first-order chi connectivity index (χ1) is 7.75. The molecule has 3 heteroatoms. The number of hydrogen-bond donors (Lipinski definition) is 1. The quantitative estimate of drug-likeness (QED) is 0.864. The lowest BCUT2D eigenvalue weighted by Crippen LogP contribution is -1.99. The minimum Gasteiger partial charge on any atom is -0.380 e. The minimum atomic E-state index is 0.748. The van der Waals surface area contributed by atoms with Crippen LogP contribution in [-0.2, 0) is 6.54 Å². The third-order valence-corrected chi connectivity index (χ3v) is 3.07. The molecule has 2 aromatic rings. The molecule has 0 fully saturated rings. The van der Waals surface area contributed by atoms with Gasteiger partial charge in [0, 0.05) is 11.0 Å². The molecule has 0 unspecified atom stereocenters. The maximum absolute atomic E-state index is 6.05. The Hall–Kier alpha value is -0.990. The van der Waals surface area contributed by atoms with Gasteiger partial charge in [0.15, 0.2) is 0 Å². The summed E-state index contributed by atoms with van der Waals surface area (Å²) in [5.41, 5.74) is 2.18. The van der Waals surface area contributed by atoms with Crippen LogP contribution in [0.5, 0.6) is 0 Å². The summed E-state index contributed by atoms with van der Waals surface area (Å²) in [5, 5.41) is 4.05. The molecule has 0 aromatic heterocycles. The molecule has 0 spiro atoms. The zero-order valence-corrected chi connectivity index (χ0v) is 10.9. The Labute approximate surface area is 109 Å². The van der Waals surface area contributed by atoms with Gasteiger partial charge in [-0.2, -0.15) is 0 Å². The highest BCUT2D eigenvalue weighted by molar-refractivity contribution is 9.10. The summed E-state index contributed by atoms with van der Waals surface area (Å²) in [4.78, 5) is 0. The summed E-state index contributed by atoms with van der Waals surface area (Å²) in [6, 6.07) is 15.9. The lowest BCUT2D eigenvalue weighted by molar-refractivity contribution is 1.15. The van der Waals surface area contributed by atoms with Gasteiger partial charge in [-0.05, 0) is 29.8 Å². The van der Waals surface area contributed by atoms with Crippen LogP contribution in [0.3, 0.4) is 0 Å². The van der Waals surface area contributed by atoms with Gasteiger partial charge in [0.05, 0.1) is 10.7 Å². The summed E-state index contributed by atoms with van der Waals surface area (Å²) < 4.78 is 1.09. The van der Waals surface area contributed by atoms with E-state index in [1.165, 1.54) is 5.56 Å². The second-order valence-corrected chi connectivity index (χ2v) is 4.79. The predicted octanol–water partition coefficient (Wildman–Crippen LogP) is 4.71. The fourth-order valence-corrected chi connectivity index (χ4v) is 2.10. The summed E-state index contributed by atoms with van der Waals surface area (Å²) in [7, 11) is 0. The number of benzene rings is 2. The van der Waals surface area contributed by atoms with Crippen LogP contribution in [0.25, 0.3) is 0 Å². The first-order valence-corrected chi connectivity index (χ1v) is 6.15. The molecule has 0 aliphatic carbocycles. The Kier molecular flexibility index (Phi) is 3.86. The first kappa shape index (κ1) is 11.5. The Morgan fingerprint density at radius 2 is 1.88 bits per heavy atom. The Balaban J connectivity index is 2.05. The number of para-hydroxylation sites is 1. The normalized spacial score (nSPS) is 10.1. The van der Waals surface area contributed by atoms with E-state index in [9.17, 15) is 0 Å². The molecule has 1 N–H and O–H groups in total. The second kappa shape index (κ2) is 5.37. The lowest BCUT2D eigenvalue weighted by atomic mass is 10.2. The third kappa shape index (κ3) is 3.00. The van der Waals surface area contributed by atoms with Crippen molar-refractivity contribution >= 4 is 33.2 Å². The maximum atomic E-state index is 6.05. The van der Waals surface area contributed by atoms with Crippen molar-refractivity contribution in [2.24, 2.45) is 0 Å². The lowest BCUT2D eigenvalue weighted by Gasteiger charge is -2.08. The van der Waals surface area contributed by atoms with Crippen molar-refractivity contribution in [2.75, 3.05) is 5.32 Å². The van der Waals surface area contributed by atoms with Crippen molar-refractivity contribution in [1.29, 1.82) is 0 Å². The maximum Gasteiger partial charge on any atom is 0.0637 e. The Bertz CT molecular complexity index is 485. The average molecular weight is 297 g/mol. The summed E-state index contributed by atoms with van der Waals surface area (Å²) in [6.45, 7) is 0.767. The molecule has 0 atom stereocenters. The third-order valence-electron chi connectivity index (χ3n) is 2.25. The topological polar surface area (TPSA) is 12.0 Å². The van der Waals surface area contributed by atoms with Gasteiger partial charge in [0.2, 0.25) is 0 Å². The molecule has 0 amide bonds. The van der Waals surface area contributed by atoms with Crippen LogP contribution < -0.4 is 5.32 Å². The van der Waals surface area contributed by atoms with E-state index in [1.54, 1.807) is 0 Å². The second-order valence-electron chi connectivity index (χ2n) is 3.46. The van der Waals surface area contributed by atoms with E-state index in [0.717, 1.165) is 21.7 Å². The van der Waals surface area contributed by atoms with Crippen LogP contribution in [0.4, 0.5) is 5.69 Å². The van der Waals surface area contributed by atoms with Crippen molar-refractivity contribution < 1.29 is 0 Å². The van der Waals surface area contributed by atoms with Gasteiger partial charge in [0.25, 0.3) is 0 Å². The van der Waals surface area contributed by atoms with Gasteiger partial charge in [-0.1, -0.05) is 51.8 Å². The number of nitrogens with one attached hydrogen (secondary N) is 1. The van der Waals surface area contributed by atoms with Gasteiger partial charge in [-0.15, -0.1) is 0 Å². The van der Waals surface area contributed by atoms with E-state index in [2.05, 4.69) is 33.4 Å². The number of anilines is 1. The highest BCUT2D eigenvalue weighted by atomic mass is 79.9. The molecule has 2 aromatic carbocycles. The molecule has 1 nitrogen and oxygen atoms in total. The van der Waals surface area contributed by atoms with Crippen LogP contribution in [0.15, 0.2) is 53.0 Å². The van der Waals surface area contributed by atoms with Gasteiger partial charge in [-0.3, -0.25) is 0 Å². The molecule has 0 bridgehead atoms. The summed E-state index contributed by atoms with van der Waals surface area (Å²) in [6.07, 6.45) is 0. The molecule has 0 heterocycles. The Morgan fingerprint density at radius 1 is 1.06 bits per heavy atom. The molecule has 16 heavy (non-hydrogen) atoms. The molecule has 0 aliphatic rings. The first-order valence-electron chi connectivity index (χ1n) is 4.98. The fraction of sp³-hybridized carbons (Fsp3) is 0.0769. The van der Waals surface area contributed by atoms with E-state index in [4.69, 9.17) is 11.6 Å². The molecule has 0 saturated heterocycles. The standard InChI is InChI=1S/C13H11BrClN/c14-11-5-3-4-10(8-11)9-16-13-7-2-1-6-12(13)15/h1-8,16H,9H2. The molecular weight excluding hydrogens is 286 g/mol. The van der Waals surface area contributed by atoms with Crippen LogP contribution in [0.1, 0.15) is 5.56 Å². The molecule has 2 rings (SSSR count). The van der Waals surface area contributed by atoms with Crippen molar-refractivity contribution in [1.82, 2.24) is 0 Å². The molecule has 82 valence electrons. The van der Waals surface area contributed by atoms with Crippen LogP contribution in [0.2, 0.25) is 5.02 Å². The largest absolute Gasteiger partial charge is 0.380 e. The van der Waals surface area contributed by atoms with Crippen molar-refractivity contribution in [3.63, 3.8) is 0 Å². The van der Waals surface area contributed by atoms with E-state index < -0.39 is 0 Å². The van der Waals surface area contributed by atoms with E-state index in [1.807, 2.05) is 36.4 Å².